The van der Waals surface area contributed by atoms with Crippen LogP contribution in [0.4, 0.5) is 4.39 Å². The topological polar surface area (TPSA) is 82.7 Å². The number of aliphatic hydroxyl groups is 2. The summed E-state index contributed by atoms with van der Waals surface area (Å²) in [5.74, 6) is -1.30. The minimum absolute atomic E-state index is 0.0793. The lowest BCUT2D eigenvalue weighted by Gasteiger charge is -2.15. The van der Waals surface area contributed by atoms with Gasteiger partial charge in [0.15, 0.2) is 0 Å². The van der Waals surface area contributed by atoms with Crippen molar-refractivity contribution >= 4 is 12.0 Å². The largest absolute Gasteiger partial charge is 0.481 e. The summed E-state index contributed by atoms with van der Waals surface area (Å²) in [4.78, 5) is 10.8. The first-order chi connectivity index (χ1) is 15.7. The molecule has 3 aromatic rings. The number of aliphatic carboxylic acids is 1. The Morgan fingerprint density at radius 3 is 2.27 bits per heavy atom. The van der Waals surface area contributed by atoms with E-state index >= 15 is 0 Å². The number of nitrogens with zero attached hydrogens (tertiary/aromatic N) is 1. The van der Waals surface area contributed by atoms with E-state index in [-0.39, 0.29) is 18.2 Å². The lowest BCUT2D eigenvalue weighted by molar-refractivity contribution is -0.139. The third-order valence-electron chi connectivity index (χ3n) is 5.59. The van der Waals surface area contributed by atoms with Crippen LogP contribution in [0.2, 0.25) is 0 Å². The molecular weight excluding hydrogens is 421 g/mol. The maximum Gasteiger partial charge on any atom is 0.305 e. The van der Waals surface area contributed by atoms with Crippen LogP contribution >= 0.6 is 0 Å². The Morgan fingerprint density at radius 2 is 1.70 bits per heavy atom. The average Bonchev–Trinajstić information content (AvgIpc) is 3.05. The zero-order valence-electron chi connectivity index (χ0n) is 19.1. The molecule has 1 aromatic heterocycles. The van der Waals surface area contributed by atoms with Gasteiger partial charge in [0.05, 0.1) is 18.6 Å². The highest BCUT2D eigenvalue weighted by Gasteiger charge is 2.23. The Hall–Kier alpha value is -3.22. The quantitative estimate of drug-likeness (QED) is 0.411. The predicted molar refractivity (Wildman–Crippen MR) is 128 cm³/mol. The minimum atomic E-state index is -1.14. The molecule has 0 aliphatic carbocycles. The number of aromatic nitrogens is 1. The van der Waals surface area contributed by atoms with E-state index in [0.29, 0.717) is 0 Å². The van der Waals surface area contributed by atoms with E-state index in [1.54, 1.807) is 18.2 Å². The lowest BCUT2D eigenvalue weighted by atomic mass is 9.96. The van der Waals surface area contributed by atoms with Crippen molar-refractivity contribution in [2.45, 2.75) is 51.7 Å². The molecule has 5 nitrogen and oxygen atoms in total. The van der Waals surface area contributed by atoms with Crippen LogP contribution in [-0.2, 0) is 4.79 Å². The predicted octanol–water partition coefficient (Wildman–Crippen LogP) is 5.32. The number of carboxylic acid groups (broad SMARTS) is 1. The van der Waals surface area contributed by atoms with Crippen molar-refractivity contribution in [3.05, 3.63) is 83.4 Å². The summed E-state index contributed by atoms with van der Waals surface area (Å²) in [5, 5.41) is 29.1. The van der Waals surface area contributed by atoms with Crippen molar-refractivity contribution in [2.24, 2.45) is 0 Å². The van der Waals surface area contributed by atoms with Gasteiger partial charge in [0.25, 0.3) is 0 Å². The highest BCUT2D eigenvalue weighted by Crippen LogP contribution is 2.39. The van der Waals surface area contributed by atoms with Crippen LogP contribution in [-0.4, -0.2) is 38.1 Å². The molecule has 33 heavy (non-hydrogen) atoms. The number of carbonyl (C=O) groups is 1. The van der Waals surface area contributed by atoms with Gasteiger partial charge in [-0.2, -0.15) is 0 Å². The molecule has 0 saturated heterocycles. The second kappa shape index (κ2) is 10.6. The maximum absolute atomic E-state index is 13.6. The zero-order valence-corrected chi connectivity index (χ0v) is 19.1. The number of hydrogen-bond donors (Lipinski definition) is 3. The molecule has 0 aliphatic heterocycles. The van der Waals surface area contributed by atoms with Gasteiger partial charge >= 0.3 is 5.97 Å². The SMILES string of the molecule is Cc1c(-c2ccc(F)cc2)c(/C=C/[C@H](O)C[C@@H](O)CC(=O)O)c(C(C)C)n1-c1ccccc1. The molecule has 0 amide bonds. The van der Waals surface area contributed by atoms with E-state index in [1.807, 2.05) is 43.3 Å². The van der Waals surface area contributed by atoms with Crippen molar-refractivity contribution in [1.82, 2.24) is 4.57 Å². The molecule has 0 spiro atoms. The van der Waals surface area contributed by atoms with Crippen molar-refractivity contribution < 1.29 is 24.5 Å². The Morgan fingerprint density at radius 1 is 1.06 bits per heavy atom. The summed E-state index contributed by atoms with van der Waals surface area (Å²) < 4.78 is 15.8. The van der Waals surface area contributed by atoms with E-state index in [0.717, 1.165) is 33.8 Å². The Kier molecular flexibility index (Phi) is 7.84. The molecule has 0 unspecified atom stereocenters. The van der Waals surface area contributed by atoms with Gasteiger partial charge in [-0.05, 0) is 42.7 Å². The third kappa shape index (κ3) is 5.78. The first kappa shape index (κ1) is 24.4. The Balaban J connectivity index is 2.14. The second-order valence-electron chi connectivity index (χ2n) is 8.51. The van der Waals surface area contributed by atoms with Crippen molar-refractivity contribution in [3.8, 4) is 16.8 Å². The molecule has 3 N–H and O–H groups in total. The molecule has 0 fully saturated rings. The van der Waals surface area contributed by atoms with Crippen molar-refractivity contribution in [2.75, 3.05) is 0 Å². The van der Waals surface area contributed by atoms with Crippen LogP contribution in [0.15, 0.2) is 60.7 Å². The fourth-order valence-electron chi connectivity index (χ4n) is 4.21. The maximum atomic E-state index is 13.6. The fraction of sp³-hybridized carbons (Fsp3) is 0.296. The second-order valence-corrected chi connectivity index (χ2v) is 8.51. The van der Waals surface area contributed by atoms with E-state index < -0.39 is 24.6 Å². The molecule has 0 radical (unpaired) electrons. The number of benzene rings is 2. The number of aliphatic hydroxyl groups excluding tert-OH is 2. The summed E-state index contributed by atoms with van der Waals surface area (Å²) in [6, 6.07) is 16.3. The molecule has 6 heteroatoms. The van der Waals surface area contributed by atoms with Crippen molar-refractivity contribution in [1.29, 1.82) is 0 Å². The van der Waals surface area contributed by atoms with Crippen LogP contribution in [0.3, 0.4) is 0 Å². The fourth-order valence-corrected chi connectivity index (χ4v) is 4.21. The molecule has 2 aromatic carbocycles. The molecule has 0 aliphatic rings. The number of rotatable bonds is 9. The van der Waals surface area contributed by atoms with Gasteiger partial charge in [-0.3, -0.25) is 4.79 Å². The van der Waals surface area contributed by atoms with Crippen molar-refractivity contribution in [3.63, 3.8) is 0 Å². The van der Waals surface area contributed by atoms with Crippen LogP contribution in [0.1, 0.15) is 49.6 Å². The lowest BCUT2D eigenvalue weighted by Crippen LogP contribution is -2.19. The van der Waals surface area contributed by atoms with Gasteiger partial charge in [-0.15, -0.1) is 0 Å². The van der Waals surface area contributed by atoms with E-state index in [9.17, 15) is 19.4 Å². The van der Waals surface area contributed by atoms with Gasteiger partial charge < -0.3 is 19.9 Å². The van der Waals surface area contributed by atoms with E-state index in [4.69, 9.17) is 5.11 Å². The molecular formula is C27H30FNO4. The Labute approximate surface area is 193 Å². The summed E-state index contributed by atoms with van der Waals surface area (Å²) in [5.41, 5.74) is 5.69. The normalized spacial score (nSPS) is 13.5. The average molecular weight is 452 g/mol. The molecule has 3 rings (SSSR count). The zero-order chi connectivity index (χ0) is 24.1. The van der Waals surface area contributed by atoms with E-state index in [1.165, 1.54) is 12.1 Å². The molecule has 174 valence electrons. The highest BCUT2D eigenvalue weighted by molar-refractivity contribution is 5.81. The third-order valence-corrected chi connectivity index (χ3v) is 5.59. The number of halogens is 1. The number of para-hydroxylation sites is 1. The van der Waals surface area contributed by atoms with Crippen LogP contribution in [0, 0.1) is 12.7 Å². The number of hydrogen-bond acceptors (Lipinski definition) is 3. The summed E-state index contributed by atoms with van der Waals surface area (Å²) in [7, 11) is 0. The standard InChI is InChI=1S/C27H30FNO4/c1-17(2)27-24(14-13-22(30)15-23(31)16-25(32)33)26(19-9-11-20(28)12-10-19)18(3)29(27)21-7-5-4-6-8-21/h4-14,17,22-23,30-31H,15-16H2,1-3H3,(H,32,33)/b14-13+/t22-,23+/m0/s1. The van der Waals surface area contributed by atoms with Gasteiger partial charge in [-0.1, -0.05) is 56.3 Å². The summed E-state index contributed by atoms with van der Waals surface area (Å²) >= 11 is 0. The van der Waals surface area contributed by atoms with Crippen LogP contribution in [0.5, 0.6) is 0 Å². The van der Waals surface area contributed by atoms with Gasteiger partial charge in [0.1, 0.15) is 5.82 Å². The summed E-state index contributed by atoms with van der Waals surface area (Å²) in [6.45, 7) is 6.20. The molecule has 1 heterocycles. The molecule has 2 atom stereocenters. The highest BCUT2D eigenvalue weighted by atomic mass is 19.1. The van der Waals surface area contributed by atoms with Gasteiger partial charge in [0, 0.05) is 34.6 Å². The first-order valence-corrected chi connectivity index (χ1v) is 11.0. The first-order valence-electron chi connectivity index (χ1n) is 11.0. The van der Waals surface area contributed by atoms with Crippen LogP contribution < -0.4 is 0 Å². The van der Waals surface area contributed by atoms with Gasteiger partial charge in [0.2, 0.25) is 0 Å². The number of carboxylic acids is 1. The minimum Gasteiger partial charge on any atom is -0.481 e. The summed E-state index contributed by atoms with van der Waals surface area (Å²) in [6.07, 6.45) is 0.739. The van der Waals surface area contributed by atoms with Gasteiger partial charge in [-0.25, -0.2) is 4.39 Å². The smallest absolute Gasteiger partial charge is 0.305 e. The molecule has 0 bridgehead atoms. The monoisotopic (exact) mass is 451 g/mol. The van der Waals surface area contributed by atoms with Crippen LogP contribution in [0.25, 0.3) is 22.9 Å². The van der Waals surface area contributed by atoms with E-state index in [2.05, 4.69) is 18.4 Å². The Bertz CT molecular complexity index is 1120. The molecule has 0 saturated carbocycles.